The van der Waals surface area contributed by atoms with Crippen molar-refractivity contribution in [1.82, 2.24) is 10.6 Å². The van der Waals surface area contributed by atoms with Crippen LogP contribution in [0.1, 0.15) is 56.8 Å². The third kappa shape index (κ3) is 14.0. The summed E-state index contributed by atoms with van der Waals surface area (Å²) in [7, 11) is 1.68. The Morgan fingerprint density at radius 3 is 2.42 bits per heavy atom. The summed E-state index contributed by atoms with van der Waals surface area (Å²) >= 11 is 0. The molecule has 0 aliphatic rings. The second-order valence-corrected chi connectivity index (χ2v) is 8.43. The molecule has 1 amide bonds. The van der Waals surface area contributed by atoms with Crippen molar-refractivity contribution in [2.24, 2.45) is 17.6 Å². The number of amides is 1. The van der Waals surface area contributed by atoms with Crippen molar-refractivity contribution in [3.05, 3.63) is 29.8 Å². The number of carbonyl (C=O) groups is 1. The lowest BCUT2D eigenvalue weighted by molar-refractivity contribution is 0.0927. The lowest BCUT2D eigenvalue weighted by Crippen LogP contribution is -2.45. The molecule has 0 spiro atoms. The predicted octanol–water partition coefficient (Wildman–Crippen LogP) is 3.42. The number of benzene rings is 1. The van der Waals surface area contributed by atoms with Crippen LogP contribution < -0.4 is 21.1 Å². The van der Waals surface area contributed by atoms with E-state index in [2.05, 4.69) is 31.4 Å². The number of aliphatic hydroxyl groups is 1. The predicted molar refractivity (Wildman–Crippen MR) is 140 cm³/mol. The zero-order valence-electron chi connectivity index (χ0n) is 20.5. The van der Waals surface area contributed by atoms with Crippen molar-refractivity contribution < 1.29 is 19.4 Å². The number of methoxy groups -OCH3 is 1. The topological polar surface area (TPSA) is 106 Å². The first kappa shape index (κ1) is 34.1. The van der Waals surface area contributed by atoms with E-state index in [4.69, 9.17) is 15.2 Å². The number of rotatable bonds is 17. The molecule has 5 N–H and O–H groups in total. The Balaban J connectivity index is 0. The van der Waals surface area contributed by atoms with Gasteiger partial charge in [0.25, 0.3) is 5.91 Å². The fourth-order valence-corrected chi connectivity index (χ4v) is 3.31. The van der Waals surface area contributed by atoms with Crippen LogP contribution in [-0.4, -0.2) is 63.1 Å². The van der Waals surface area contributed by atoms with Crippen molar-refractivity contribution in [2.45, 2.75) is 58.6 Å². The average molecular weight is 511 g/mol. The van der Waals surface area contributed by atoms with Gasteiger partial charge in [-0.1, -0.05) is 32.9 Å². The number of carbonyl (C=O) groups excluding carboxylic acids is 1. The molecule has 1 aromatic carbocycles. The fourth-order valence-electron chi connectivity index (χ4n) is 3.31. The largest absolute Gasteiger partial charge is 0.493 e. The van der Waals surface area contributed by atoms with E-state index in [1.165, 1.54) is 0 Å². The molecule has 1 aromatic rings. The fraction of sp³-hybridized carbons (Fsp3) is 0.708. The number of hydrogen-bond donors (Lipinski definition) is 4. The average Bonchev–Trinajstić information content (AvgIpc) is 2.76. The van der Waals surface area contributed by atoms with Gasteiger partial charge in [0, 0.05) is 32.8 Å². The van der Waals surface area contributed by atoms with E-state index in [1.807, 2.05) is 18.2 Å². The molecule has 0 aromatic heterocycles. The monoisotopic (exact) mass is 509 g/mol. The highest BCUT2D eigenvalue weighted by atomic mass is 35.5. The lowest BCUT2D eigenvalue weighted by Gasteiger charge is -2.27. The molecule has 0 fully saturated rings. The Bertz CT molecular complexity index is 623. The van der Waals surface area contributed by atoms with Gasteiger partial charge in [-0.25, -0.2) is 0 Å². The summed E-state index contributed by atoms with van der Waals surface area (Å²) < 4.78 is 10.9. The maximum atomic E-state index is 12.8. The van der Waals surface area contributed by atoms with E-state index >= 15 is 0 Å². The van der Waals surface area contributed by atoms with Crippen LogP contribution in [0.15, 0.2) is 24.3 Å². The van der Waals surface area contributed by atoms with Crippen LogP contribution in [0.5, 0.6) is 5.75 Å². The number of nitrogens with one attached hydrogen (secondary N) is 2. The Labute approximate surface area is 212 Å². The van der Waals surface area contributed by atoms with Crippen molar-refractivity contribution >= 4 is 30.7 Å². The summed E-state index contributed by atoms with van der Waals surface area (Å²) in [5.41, 5.74) is 6.77. The van der Waals surface area contributed by atoms with Crippen LogP contribution in [0, 0.1) is 11.8 Å². The Morgan fingerprint density at radius 1 is 1.12 bits per heavy atom. The highest BCUT2D eigenvalue weighted by molar-refractivity contribution is 5.96. The van der Waals surface area contributed by atoms with Gasteiger partial charge in [-0.05, 0) is 56.2 Å². The number of halogens is 2. The maximum Gasteiger partial charge on any atom is 0.255 e. The Morgan fingerprint density at radius 2 is 1.79 bits per heavy atom. The minimum atomic E-state index is -0.601. The molecular formula is C24H45Cl2N3O4. The summed E-state index contributed by atoms with van der Waals surface area (Å²) in [5.74, 6) is 0.931. The summed E-state index contributed by atoms with van der Waals surface area (Å²) in [4.78, 5) is 12.8. The molecule has 0 heterocycles. The maximum absolute atomic E-state index is 12.8. The third-order valence-electron chi connectivity index (χ3n) is 5.45. The Hall–Kier alpha value is -1.09. The standard InChI is InChI=1S/C24H43N3O4.2ClH/c1-5-12-26-17-22(28)21(25)15-19(18(2)3)16-27-24(29)20-10-6-7-11-23(20)31-14-9-8-13-30-4;;/h6-7,10-11,18-19,21-22,26,28H,5,8-9,12-17,25H2,1-4H3,(H,27,29);2*1H. The molecule has 33 heavy (non-hydrogen) atoms. The summed E-state index contributed by atoms with van der Waals surface area (Å²) in [5, 5.41) is 16.5. The van der Waals surface area contributed by atoms with Gasteiger partial charge in [-0.15, -0.1) is 24.8 Å². The first-order valence-corrected chi connectivity index (χ1v) is 11.5. The molecule has 3 atom stereocenters. The molecule has 9 heteroatoms. The number of ether oxygens (including phenoxy) is 2. The van der Waals surface area contributed by atoms with Gasteiger partial charge in [0.05, 0.1) is 18.3 Å². The van der Waals surface area contributed by atoms with Crippen molar-refractivity contribution in [2.75, 3.05) is 40.0 Å². The molecule has 0 aliphatic heterocycles. The molecule has 0 radical (unpaired) electrons. The number of hydrogen-bond acceptors (Lipinski definition) is 6. The quantitative estimate of drug-likeness (QED) is 0.240. The third-order valence-corrected chi connectivity index (χ3v) is 5.45. The van der Waals surface area contributed by atoms with E-state index < -0.39 is 6.10 Å². The first-order valence-electron chi connectivity index (χ1n) is 11.5. The van der Waals surface area contributed by atoms with Gasteiger partial charge < -0.3 is 30.9 Å². The molecule has 3 unspecified atom stereocenters. The highest BCUT2D eigenvalue weighted by Crippen LogP contribution is 2.20. The summed E-state index contributed by atoms with van der Waals surface area (Å²) in [6, 6.07) is 6.96. The van der Waals surface area contributed by atoms with Crippen molar-refractivity contribution in [3.63, 3.8) is 0 Å². The second kappa shape index (κ2) is 20.3. The van der Waals surface area contributed by atoms with E-state index in [-0.39, 0.29) is 42.7 Å². The van der Waals surface area contributed by atoms with Crippen LogP contribution in [-0.2, 0) is 4.74 Å². The molecule has 7 nitrogen and oxygen atoms in total. The number of para-hydroxylation sites is 1. The van der Waals surface area contributed by atoms with Crippen molar-refractivity contribution in [1.29, 1.82) is 0 Å². The highest BCUT2D eigenvalue weighted by Gasteiger charge is 2.23. The molecular weight excluding hydrogens is 465 g/mol. The normalized spacial score (nSPS) is 13.4. The molecule has 0 aliphatic carbocycles. The van der Waals surface area contributed by atoms with Crippen LogP contribution in [0.4, 0.5) is 0 Å². The molecule has 0 saturated heterocycles. The van der Waals surface area contributed by atoms with Crippen LogP contribution in [0.3, 0.4) is 0 Å². The lowest BCUT2D eigenvalue weighted by atomic mass is 9.87. The smallest absolute Gasteiger partial charge is 0.255 e. The van der Waals surface area contributed by atoms with Crippen LogP contribution in [0.2, 0.25) is 0 Å². The van der Waals surface area contributed by atoms with E-state index in [1.54, 1.807) is 13.2 Å². The van der Waals surface area contributed by atoms with Crippen LogP contribution >= 0.6 is 24.8 Å². The van der Waals surface area contributed by atoms with E-state index in [9.17, 15) is 9.90 Å². The number of aliphatic hydroxyl groups excluding tert-OH is 1. The van der Waals surface area contributed by atoms with E-state index in [0.29, 0.717) is 50.0 Å². The summed E-state index contributed by atoms with van der Waals surface area (Å²) in [6.07, 6.45) is 2.84. The van der Waals surface area contributed by atoms with Gasteiger partial charge in [-0.2, -0.15) is 0 Å². The minimum Gasteiger partial charge on any atom is -0.493 e. The number of unbranched alkanes of at least 4 members (excludes halogenated alkanes) is 1. The zero-order chi connectivity index (χ0) is 23.1. The molecule has 194 valence electrons. The SMILES string of the molecule is CCCNCC(O)C(N)CC(CNC(=O)c1ccccc1OCCCCOC)C(C)C.Cl.Cl. The minimum absolute atomic E-state index is 0. The zero-order valence-corrected chi connectivity index (χ0v) is 22.2. The van der Waals surface area contributed by atoms with Crippen LogP contribution in [0.25, 0.3) is 0 Å². The molecule has 0 saturated carbocycles. The second-order valence-electron chi connectivity index (χ2n) is 8.43. The van der Waals surface area contributed by atoms with Gasteiger partial charge in [0.1, 0.15) is 5.75 Å². The van der Waals surface area contributed by atoms with Gasteiger partial charge in [-0.3, -0.25) is 4.79 Å². The van der Waals surface area contributed by atoms with Crippen molar-refractivity contribution in [3.8, 4) is 5.75 Å². The van der Waals surface area contributed by atoms with Gasteiger partial charge in [0.2, 0.25) is 0 Å². The number of nitrogens with two attached hydrogens (primary N) is 1. The Kier molecular flexibility index (Phi) is 21.0. The van der Waals surface area contributed by atoms with Gasteiger partial charge >= 0.3 is 0 Å². The van der Waals surface area contributed by atoms with E-state index in [0.717, 1.165) is 25.8 Å². The first-order chi connectivity index (χ1) is 14.9. The molecule has 0 bridgehead atoms. The summed E-state index contributed by atoms with van der Waals surface area (Å²) in [6.45, 7) is 9.41. The van der Waals surface area contributed by atoms with Gasteiger partial charge in [0.15, 0.2) is 0 Å². The molecule has 1 rings (SSSR count).